The number of carboxylic acid groups (broad SMARTS) is 4. The molecule has 24 heavy (non-hydrogen) atoms. The molecule has 0 fully saturated rings. The van der Waals surface area contributed by atoms with E-state index >= 15 is 0 Å². The Hall–Kier alpha value is -2.36. The minimum Gasteiger partial charge on any atom is -0.481 e. The lowest BCUT2D eigenvalue weighted by atomic mass is 10.3. The van der Waals surface area contributed by atoms with E-state index < -0.39 is 23.9 Å². The number of rotatable bonds is 7. The number of hydrogen-bond donors (Lipinski definition) is 10. The molecule has 0 unspecified atom stereocenters. The first kappa shape index (κ1) is 43.0. The van der Waals surface area contributed by atoms with Crippen molar-refractivity contribution in [1.82, 2.24) is 24.6 Å². The van der Waals surface area contributed by atoms with Gasteiger partial charge < -0.3 is 56.5 Å². The summed E-state index contributed by atoms with van der Waals surface area (Å²) in [7, 11) is 0. The maximum atomic E-state index is 9.64. The van der Waals surface area contributed by atoms with Gasteiger partial charge in [-0.05, 0) is 0 Å². The molecule has 0 aromatic carbocycles. The molecule has 0 heterocycles. The predicted molar refractivity (Wildman–Crippen MR) is 87.2 cm³/mol. The molecular formula is C10H32N6O8. The SMILES string of the molecule is N.N.N.N.NCCN.O=C(O)CCC(=O)O.O=C(O)CCC(=O)O. The summed E-state index contributed by atoms with van der Waals surface area (Å²) in [5.74, 6) is -4.31. The second kappa shape index (κ2) is 32.5. The van der Waals surface area contributed by atoms with E-state index in [1.165, 1.54) is 0 Å². The van der Waals surface area contributed by atoms with Gasteiger partial charge in [0.05, 0.1) is 25.7 Å². The monoisotopic (exact) mass is 364 g/mol. The van der Waals surface area contributed by atoms with Crippen LogP contribution in [-0.2, 0) is 19.2 Å². The van der Waals surface area contributed by atoms with Crippen molar-refractivity contribution < 1.29 is 39.6 Å². The number of carbonyl (C=O) groups is 4. The third-order valence-corrected chi connectivity index (χ3v) is 1.27. The average molecular weight is 364 g/mol. The molecule has 0 aliphatic rings. The van der Waals surface area contributed by atoms with Crippen LogP contribution in [0.25, 0.3) is 0 Å². The third kappa shape index (κ3) is 91.4. The zero-order valence-corrected chi connectivity index (χ0v) is 13.6. The molecule has 14 heteroatoms. The van der Waals surface area contributed by atoms with Crippen LogP contribution in [0.3, 0.4) is 0 Å². The van der Waals surface area contributed by atoms with Crippen molar-refractivity contribution >= 4 is 23.9 Å². The van der Waals surface area contributed by atoms with E-state index in [4.69, 9.17) is 31.9 Å². The van der Waals surface area contributed by atoms with E-state index in [2.05, 4.69) is 0 Å². The highest BCUT2D eigenvalue weighted by atomic mass is 16.4. The van der Waals surface area contributed by atoms with Crippen molar-refractivity contribution in [3.8, 4) is 0 Å². The Morgan fingerprint density at radius 3 is 0.667 bits per heavy atom. The van der Waals surface area contributed by atoms with E-state index in [0.29, 0.717) is 13.1 Å². The molecule has 0 amide bonds. The smallest absolute Gasteiger partial charge is 0.303 e. The Kier molecular flexibility index (Phi) is 58.3. The van der Waals surface area contributed by atoms with Crippen molar-refractivity contribution in [3.05, 3.63) is 0 Å². The molecule has 20 N–H and O–H groups in total. The Balaban J connectivity index is -0.0000000348. The van der Waals surface area contributed by atoms with Gasteiger partial charge in [-0.3, -0.25) is 19.2 Å². The van der Waals surface area contributed by atoms with Crippen molar-refractivity contribution in [2.45, 2.75) is 25.7 Å². The highest BCUT2D eigenvalue weighted by Gasteiger charge is 2.00. The van der Waals surface area contributed by atoms with Crippen LogP contribution in [-0.4, -0.2) is 57.4 Å². The van der Waals surface area contributed by atoms with Gasteiger partial charge in [0.1, 0.15) is 0 Å². The van der Waals surface area contributed by atoms with Gasteiger partial charge in [0.2, 0.25) is 0 Å². The Labute approximate surface area is 139 Å². The molecule has 0 radical (unpaired) electrons. The molecule has 0 aromatic heterocycles. The lowest BCUT2D eigenvalue weighted by molar-refractivity contribution is -0.143. The van der Waals surface area contributed by atoms with Crippen LogP contribution >= 0.6 is 0 Å². The van der Waals surface area contributed by atoms with Gasteiger partial charge in [-0.15, -0.1) is 0 Å². The summed E-state index contributed by atoms with van der Waals surface area (Å²) >= 11 is 0. The number of nitrogens with two attached hydrogens (primary N) is 2. The van der Waals surface area contributed by atoms with Crippen molar-refractivity contribution in [3.63, 3.8) is 0 Å². The lowest BCUT2D eigenvalue weighted by Crippen LogP contribution is -2.11. The van der Waals surface area contributed by atoms with Crippen molar-refractivity contribution in [1.29, 1.82) is 0 Å². The van der Waals surface area contributed by atoms with E-state index in [1.807, 2.05) is 0 Å². The van der Waals surface area contributed by atoms with Gasteiger partial charge in [0.25, 0.3) is 0 Å². The van der Waals surface area contributed by atoms with E-state index in [-0.39, 0.29) is 50.3 Å². The van der Waals surface area contributed by atoms with Gasteiger partial charge in [-0.1, -0.05) is 0 Å². The van der Waals surface area contributed by atoms with Crippen LogP contribution in [0, 0.1) is 0 Å². The topological polar surface area (TPSA) is 341 Å². The zero-order valence-electron chi connectivity index (χ0n) is 13.6. The maximum Gasteiger partial charge on any atom is 0.303 e. The van der Waals surface area contributed by atoms with E-state index in [0.717, 1.165) is 0 Å². The predicted octanol–water partition coefficient (Wildman–Crippen LogP) is -0.577. The fourth-order valence-electron chi connectivity index (χ4n) is 0.428. The van der Waals surface area contributed by atoms with Gasteiger partial charge in [-0.2, -0.15) is 0 Å². The maximum absolute atomic E-state index is 9.64. The van der Waals surface area contributed by atoms with Crippen molar-refractivity contribution in [2.75, 3.05) is 13.1 Å². The largest absolute Gasteiger partial charge is 0.481 e. The van der Waals surface area contributed by atoms with E-state index in [1.54, 1.807) is 0 Å². The summed E-state index contributed by atoms with van der Waals surface area (Å²) in [5, 5.41) is 31.6. The molecule has 0 rings (SSSR count). The number of carboxylic acids is 4. The average Bonchev–Trinajstić information content (AvgIpc) is 2.35. The summed E-state index contributed by atoms with van der Waals surface area (Å²) in [6.07, 6.45) is -1.19. The first-order valence-corrected chi connectivity index (χ1v) is 5.44. The number of aliphatic carboxylic acids is 4. The minimum atomic E-state index is -1.08. The second-order valence-electron chi connectivity index (χ2n) is 3.15. The normalized spacial score (nSPS) is 6.92. The fraction of sp³-hybridized carbons (Fsp3) is 0.600. The molecular weight excluding hydrogens is 332 g/mol. The zero-order chi connectivity index (χ0) is 16.6. The molecule has 0 aliphatic carbocycles. The molecule has 0 aromatic rings. The van der Waals surface area contributed by atoms with Crippen LogP contribution in [0.5, 0.6) is 0 Å². The highest BCUT2D eigenvalue weighted by Crippen LogP contribution is 1.86. The molecule has 0 bridgehead atoms. The van der Waals surface area contributed by atoms with Gasteiger partial charge in [0.15, 0.2) is 0 Å². The standard InChI is InChI=1S/2C4H6O4.C2H8N2.4H3N/c2*5-3(6)1-2-4(7)8;3-1-2-4;;;;/h2*1-2H2,(H,5,6)(H,7,8);1-4H2;4*1H3. The molecule has 0 saturated carbocycles. The molecule has 150 valence electrons. The molecule has 0 spiro atoms. The van der Waals surface area contributed by atoms with Crippen molar-refractivity contribution in [2.24, 2.45) is 11.5 Å². The summed E-state index contributed by atoms with van der Waals surface area (Å²) in [6.45, 7) is 1.19. The van der Waals surface area contributed by atoms with Crippen LogP contribution < -0.4 is 36.1 Å². The third-order valence-electron chi connectivity index (χ3n) is 1.27. The second-order valence-corrected chi connectivity index (χ2v) is 3.15. The van der Waals surface area contributed by atoms with Gasteiger partial charge >= 0.3 is 23.9 Å². The van der Waals surface area contributed by atoms with E-state index in [9.17, 15) is 19.2 Å². The Bertz CT molecular complexity index is 258. The van der Waals surface area contributed by atoms with Crippen LogP contribution in [0.2, 0.25) is 0 Å². The molecule has 0 saturated heterocycles. The lowest BCUT2D eigenvalue weighted by Gasteiger charge is -1.85. The summed E-state index contributed by atoms with van der Waals surface area (Å²) < 4.78 is 0. The summed E-state index contributed by atoms with van der Waals surface area (Å²) in [4.78, 5) is 38.6. The first-order valence-electron chi connectivity index (χ1n) is 5.44. The Morgan fingerprint density at radius 2 is 0.625 bits per heavy atom. The summed E-state index contributed by atoms with van der Waals surface area (Å²) in [6, 6.07) is 0. The molecule has 14 nitrogen and oxygen atoms in total. The highest BCUT2D eigenvalue weighted by molar-refractivity contribution is 5.75. The summed E-state index contributed by atoms with van der Waals surface area (Å²) in [5.41, 5.74) is 9.81. The number of hydrogen-bond acceptors (Lipinski definition) is 10. The van der Waals surface area contributed by atoms with Crippen LogP contribution in [0.1, 0.15) is 25.7 Å². The van der Waals surface area contributed by atoms with Gasteiger partial charge in [0, 0.05) is 13.1 Å². The molecule has 0 aliphatic heterocycles. The van der Waals surface area contributed by atoms with Crippen LogP contribution in [0.4, 0.5) is 0 Å². The fourth-order valence-corrected chi connectivity index (χ4v) is 0.428. The quantitative estimate of drug-likeness (QED) is 0.270. The van der Waals surface area contributed by atoms with Gasteiger partial charge in [-0.25, -0.2) is 0 Å². The minimum absolute atomic E-state index is 0. The van der Waals surface area contributed by atoms with Crippen LogP contribution in [0.15, 0.2) is 0 Å². The molecule has 0 atom stereocenters. The first-order chi connectivity index (χ1) is 9.17. The Morgan fingerprint density at radius 1 is 0.500 bits per heavy atom.